The largest absolute Gasteiger partial charge is 0.480 e. The number of carbonyl (C=O) groups is 2. The average Bonchev–Trinajstić information content (AvgIpc) is 2.76. The molecule has 6 heteroatoms. The summed E-state index contributed by atoms with van der Waals surface area (Å²) in [6.45, 7) is 7.63. The lowest BCUT2D eigenvalue weighted by Crippen LogP contribution is -2.41. The first-order valence-corrected chi connectivity index (χ1v) is 6.97. The first-order valence-electron chi connectivity index (χ1n) is 6.97. The lowest BCUT2D eigenvalue weighted by atomic mass is 10.0. The molecule has 0 saturated carbocycles. The molecule has 0 aliphatic heterocycles. The Morgan fingerprint density at radius 2 is 2.05 bits per heavy atom. The highest BCUT2D eigenvalue weighted by Crippen LogP contribution is 2.19. The van der Waals surface area contributed by atoms with Crippen molar-refractivity contribution in [1.82, 2.24) is 15.5 Å². The molecule has 0 bridgehead atoms. The summed E-state index contributed by atoms with van der Waals surface area (Å²) in [6, 6.07) is -0.850. The zero-order valence-corrected chi connectivity index (χ0v) is 12.5. The molecule has 0 aliphatic rings. The Morgan fingerprint density at radius 3 is 2.55 bits per heavy atom. The van der Waals surface area contributed by atoms with Crippen molar-refractivity contribution in [3.8, 4) is 0 Å². The molecule has 0 radical (unpaired) electrons. The van der Waals surface area contributed by atoms with Crippen LogP contribution >= 0.6 is 0 Å². The van der Waals surface area contributed by atoms with Gasteiger partial charge in [-0.2, -0.15) is 5.10 Å². The fourth-order valence-electron chi connectivity index (χ4n) is 2.05. The number of aliphatic carboxylic acids is 1. The van der Waals surface area contributed by atoms with E-state index in [0.29, 0.717) is 23.4 Å². The monoisotopic (exact) mass is 281 g/mol. The topological polar surface area (TPSA) is 95.1 Å². The summed E-state index contributed by atoms with van der Waals surface area (Å²) in [5, 5.41) is 18.7. The summed E-state index contributed by atoms with van der Waals surface area (Å²) < 4.78 is 0. The molecule has 1 aromatic rings. The fourth-order valence-corrected chi connectivity index (χ4v) is 2.05. The van der Waals surface area contributed by atoms with Crippen molar-refractivity contribution >= 4 is 11.9 Å². The van der Waals surface area contributed by atoms with E-state index >= 15 is 0 Å². The number of nitrogens with zero attached hydrogens (tertiary/aromatic N) is 1. The number of H-pyrrole nitrogens is 1. The number of hydrogen-bond acceptors (Lipinski definition) is 3. The average molecular weight is 281 g/mol. The Bertz CT molecular complexity index is 480. The van der Waals surface area contributed by atoms with Crippen molar-refractivity contribution in [2.24, 2.45) is 0 Å². The first kappa shape index (κ1) is 16.2. The third kappa shape index (κ3) is 3.82. The SMILES string of the molecule is CCCCC(NC(=O)c1c(C(C)C)n[nH]c1C)C(=O)O. The highest BCUT2D eigenvalue weighted by molar-refractivity contribution is 5.98. The number of amides is 1. The predicted molar refractivity (Wildman–Crippen MR) is 75.8 cm³/mol. The molecule has 1 rings (SSSR count). The van der Waals surface area contributed by atoms with Crippen molar-refractivity contribution in [2.45, 2.75) is 58.9 Å². The third-order valence-corrected chi connectivity index (χ3v) is 3.20. The lowest BCUT2D eigenvalue weighted by Gasteiger charge is -2.15. The van der Waals surface area contributed by atoms with Crippen LogP contribution in [0.2, 0.25) is 0 Å². The number of nitrogens with one attached hydrogen (secondary N) is 2. The molecular formula is C14H23N3O3. The number of aromatic nitrogens is 2. The summed E-state index contributed by atoms with van der Waals surface area (Å²) >= 11 is 0. The molecule has 1 aromatic heterocycles. The van der Waals surface area contributed by atoms with Crippen LogP contribution < -0.4 is 5.32 Å². The van der Waals surface area contributed by atoms with Gasteiger partial charge < -0.3 is 10.4 Å². The van der Waals surface area contributed by atoms with E-state index < -0.39 is 12.0 Å². The lowest BCUT2D eigenvalue weighted by molar-refractivity contribution is -0.139. The molecule has 1 unspecified atom stereocenters. The van der Waals surface area contributed by atoms with E-state index in [1.165, 1.54) is 0 Å². The molecule has 0 saturated heterocycles. The number of rotatable bonds is 7. The van der Waals surface area contributed by atoms with Crippen molar-refractivity contribution < 1.29 is 14.7 Å². The summed E-state index contributed by atoms with van der Waals surface area (Å²) in [5.41, 5.74) is 1.79. The molecule has 0 fully saturated rings. The Kier molecular flexibility index (Phi) is 5.73. The van der Waals surface area contributed by atoms with Crippen LogP contribution in [-0.2, 0) is 4.79 Å². The number of aryl methyl sites for hydroxylation is 1. The molecular weight excluding hydrogens is 258 g/mol. The summed E-state index contributed by atoms with van der Waals surface area (Å²) in [6.07, 6.45) is 2.09. The second-order valence-corrected chi connectivity index (χ2v) is 5.27. The predicted octanol–water partition coefficient (Wildman–Crippen LogP) is 2.21. The van der Waals surface area contributed by atoms with Crippen molar-refractivity contribution in [3.63, 3.8) is 0 Å². The Hall–Kier alpha value is -1.85. The van der Waals surface area contributed by atoms with Gasteiger partial charge in [0, 0.05) is 5.69 Å². The van der Waals surface area contributed by atoms with Crippen LogP contribution in [0.5, 0.6) is 0 Å². The number of hydrogen-bond donors (Lipinski definition) is 3. The van der Waals surface area contributed by atoms with E-state index in [1.54, 1.807) is 6.92 Å². The van der Waals surface area contributed by atoms with Gasteiger partial charge in [0.1, 0.15) is 6.04 Å². The molecule has 6 nitrogen and oxygen atoms in total. The van der Waals surface area contributed by atoms with Crippen LogP contribution in [0.3, 0.4) is 0 Å². The summed E-state index contributed by atoms with van der Waals surface area (Å²) in [5.74, 6) is -1.28. The van der Waals surface area contributed by atoms with Crippen LogP contribution in [0.15, 0.2) is 0 Å². The summed E-state index contributed by atoms with van der Waals surface area (Å²) in [4.78, 5) is 23.5. The number of carboxylic acid groups (broad SMARTS) is 1. The zero-order valence-electron chi connectivity index (χ0n) is 12.5. The second kappa shape index (κ2) is 7.07. The minimum absolute atomic E-state index is 0.0969. The first-order chi connectivity index (χ1) is 9.38. The Balaban J connectivity index is 2.89. The molecule has 112 valence electrons. The third-order valence-electron chi connectivity index (χ3n) is 3.20. The van der Waals surface area contributed by atoms with Gasteiger partial charge in [0.15, 0.2) is 0 Å². The minimum Gasteiger partial charge on any atom is -0.480 e. The number of unbranched alkanes of at least 4 members (excludes halogenated alkanes) is 1. The molecule has 0 aromatic carbocycles. The Labute approximate surface area is 119 Å². The number of carboxylic acids is 1. The molecule has 1 amide bonds. The maximum Gasteiger partial charge on any atom is 0.326 e. The van der Waals surface area contributed by atoms with Gasteiger partial charge in [-0.1, -0.05) is 33.6 Å². The quantitative estimate of drug-likeness (QED) is 0.714. The van der Waals surface area contributed by atoms with Crippen LogP contribution in [0.4, 0.5) is 0 Å². The van der Waals surface area contributed by atoms with E-state index in [-0.39, 0.29) is 11.8 Å². The van der Waals surface area contributed by atoms with E-state index in [1.807, 2.05) is 20.8 Å². The zero-order chi connectivity index (χ0) is 15.3. The van der Waals surface area contributed by atoms with Gasteiger partial charge in [-0.3, -0.25) is 9.89 Å². The molecule has 0 aliphatic carbocycles. The van der Waals surface area contributed by atoms with Gasteiger partial charge in [-0.25, -0.2) is 4.79 Å². The van der Waals surface area contributed by atoms with E-state index in [2.05, 4.69) is 15.5 Å². The molecule has 1 atom stereocenters. The maximum atomic E-state index is 12.3. The van der Waals surface area contributed by atoms with E-state index in [4.69, 9.17) is 5.11 Å². The van der Waals surface area contributed by atoms with Gasteiger partial charge in [-0.15, -0.1) is 0 Å². The van der Waals surface area contributed by atoms with E-state index in [9.17, 15) is 9.59 Å². The van der Waals surface area contributed by atoms with Crippen molar-refractivity contribution in [3.05, 3.63) is 17.0 Å². The standard InChI is InChI=1S/C14H23N3O3/c1-5-6-7-10(14(19)20)15-13(18)11-9(4)16-17-12(11)8(2)3/h8,10H,5-7H2,1-4H3,(H,15,18)(H,16,17)(H,19,20). The smallest absolute Gasteiger partial charge is 0.326 e. The fraction of sp³-hybridized carbons (Fsp3) is 0.643. The van der Waals surface area contributed by atoms with Gasteiger partial charge >= 0.3 is 5.97 Å². The molecule has 1 heterocycles. The van der Waals surface area contributed by atoms with Gasteiger partial charge in [-0.05, 0) is 19.3 Å². The van der Waals surface area contributed by atoms with Crippen LogP contribution in [0.25, 0.3) is 0 Å². The summed E-state index contributed by atoms with van der Waals surface area (Å²) in [7, 11) is 0. The molecule has 20 heavy (non-hydrogen) atoms. The van der Waals surface area contributed by atoms with Gasteiger partial charge in [0.2, 0.25) is 0 Å². The van der Waals surface area contributed by atoms with Gasteiger partial charge in [0.25, 0.3) is 5.91 Å². The highest BCUT2D eigenvalue weighted by atomic mass is 16.4. The highest BCUT2D eigenvalue weighted by Gasteiger charge is 2.25. The number of carbonyl (C=O) groups excluding carboxylic acids is 1. The molecule has 0 spiro atoms. The normalized spacial score (nSPS) is 12.4. The van der Waals surface area contributed by atoms with E-state index in [0.717, 1.165) is 12.8 Å². The second-order valence-electron chi connectivity index (χ2n) is 5.27. The van der Waals surface area contributed by atoms with Crippen molar-refractivity contribution in [1.29, 1.82) is 0 Å². The van der Waals surface area contributed by atoms with Crippen LogP contribution in [-0.4, -0.2) is 33.2 Å². The minimum atomic E-state index is -1.00. The Morgan fingerprint density at radius 1 is 1.40 bits per heavy atom. The molecule has 3 N–H and O–H groups in total. The van der Waals surface area contributed by atoms with Crippen LogP contribution in [0.1, 0.15) is 67.7 Å². The van der Waals surface area contributed by atoms with Gasteiger partial charge in [0.05, 0.1) is 11.3 Å². The van der Waals surface area contributed by atoms with Crippen LogP contribution in [0, 0.1) is 6.92 Å². The van der Waals surface area contributed by atoms with Crippen molar-refractivity contribution in [2.75, 3.05) is 0 Å². The maximum absolute atomic E-state index is 12.3. The number of aromatic amines is 1.